The monoisotopic (exact) mass is 342 g/mol. The first kappa shape index (κ1) is 13.5. The minimum Gasteiger partial charge on any atom is -0.385 e. The standard InChI is InChI=1S/C15H11BrN4O/c16-12-8-4-3-7-11(12)15(21)20-19-14-10-6-2-1-5-9(10)13(17)18-14/h1-8,18H,17H2. The summed E-state index contributed by atoms with van der Waals surface area (Å²) in [7, 11) is 0. The van der Waals surface area contributed by atoms with Gasteiger partial charge < -0.3 is 10.7 Å². The fourth-order valence-corrected chi connectivity index (χ4v) is 2.50. The number of azo groups is 1. The molecule has 0 saturated carbocycles. The van der Waals surface area contributed by atoms with Gasteiger partial charge in [0.2, 0.25) is 0 Å². The van der Waals surface area contributed by atoms with E-state index in [4.69, 9.17) is 5.73 Å². The van der Waals surface area contributed by atoms with Crippen molar-refractivity contribution in [3.63, 3.8) is 0 Å². The third kappa shape index (κ3) is 2.57. The molecule has 21 heavy (non-hydrogen) atoms. The highest BCUT2D eigenvalue weighted by molar-refractivity contribution is 9.10. The summed E-state index contributed by atoms with van der Waals surface area (Å²) in [5.41, 5.74) is 6.33. The van der Waals surface area contributed by atoms with Gasteiger partial charge in [-0.05, 0) is 28.1 Å². The quantitative estimate of drug-likeness (QED) is 0.675. The number of halogens is 1. The van der Waals surface area contributed by atoms with E-state index in [9.17, 15) is 4.79 Å². The van der Waals surface area contributed by atoms with Crippen LogP contribution in [0.15, 0.2) is 63.2 Å². The van der Waals surface area contributed by atoms with Crippen molar-refractivity contribution in [1.29, 1.82) is 0 Å². The predicted molar refractivity (Wildman–Crippen MR) is 85.7 cm³/mol. The largest absolute Gasteiger partial charge is 0.385 e. The lowest BCUT2D eigenvalue weighted by molar-refractivity contribution is 0.0994. The lowest BCUT2D eigenvalue weighted by Crippen LogP contribution is -1.94. The molecule has 0 spiro atoms. The highest BCUT2D eigenvalue weighted by atomic mass is 79.9. The third-order valence-corrected chi connectivity index (χ3v) is 3.76. The molecule has 1 heterocycles. The Kier molecular flexibility index (Phi) is 3.53. The van der Waals surface area contributed by atoms with Crippen molar-refractivity contribution in [1.82, 2.24) is 4.98 Å². The lowest BCUT2D eigenvalue weighted by Gasteiger charge is -1.97. The average Bonchev–Trinajstić information content (AvgIpc) is 2.82. The van der Waals surface area contributed by atoms with Crippen LogP contribution in [-0.4, -0.2) is 10.9 Å². The Bertz CT molecular complexity index is 854. The number of anilines is 1. The lowest BCUT2D eigenvalue weighted by atomic mass is 10.2. The zero-order chi connectivity index (χ0) is 14.8. The summed E-state index contributed by atoms with van der Waals surface area (Å²) >= 11 is 3.32. The second-order valence-electron chi connectivity index (χ2n) is 4.42. The minimum absolute atomic E-state index is 0.417. The molecule has 3 rings (SSSR count). The van der Waals surface area contributed by atoms with E-state index in [1.54, 1.807) is 18.2 Å². The Hall–Kier alpha value is -2.47. The van der Waals surface area contributed by atoms with Crippen molar-refractivity contribution in [2.24, 2.45) is 10.2 Å². The second-order valence-corrected chi connectivity index (χ2v) is 5.27. The van der Waals surface area contributed by atoms with Gasteiger partial charge in [-0.2, -0.15) is 0 Å². The first-order chi connectivity index (χ1) is 10.2. The molecule has 0 aliphatic rings. The zero-order valence-corrected chi connectivity index (χ0v) is 12.5. The molecule has 1 aromatic heterocycles. The fraction of sp³-hybridized carbons (Fsp3) is 0. The number of nitrogens with two attached hydrogens (primary N) is 1. The summed E-state index contributed by atoms with van der Waals surface area (Å²) < 4.78 is 0.685. The molecule has 104 valence electrons. The van der Waals surface area contributed by atoms with Crippen molar-refractivity contribution >= 4 is 44.2 Å². The number of hydrogen-bond donors (Lipinski definition) is 2. The number of amides is 1. The van der Waals surface area contributed by atoms with Crippen LogP contribution in [-0.2, 0) is 0 Å². The summed E-state index contributed by atoms with van der Waals surface area (Å²) in [5, 5.41) is 9.44. The van der Waals surface area contributed by atoms with Crippen LogP contribution in [0.25, 0.3) is 10.8 Å². The SMILES string of the molecule is Nc1[nH]c(N=NC(=O)c2ccccc2Br)c2ccccc12. The number of aromatic nitrogens is 1. The topological polar surface area (TPSA) is 83.6 Å². The van der Waals surface area contributed by atoms with Gasteiger partial charge in [-0.3, -0.25) is 4.79 Å². The highest BCUT2D eigenvalue weighted by Gasteiger charge is 2.10. The van der Waals surface area contributed by atoms with Gasteiger partial charge in [0.1, 0.15) is 5.82 Å². The molecule has 0 atom stereocenters. The molecule has 0 fully saturated rings. The summed E-state index contributed by atoms with van der Waals surface area (Å²) in [5.74, 6) is 0.566. The van der Waals surface area contributed by atoms with Crippen LogP contribution < -0.4 is 5.73 Å². The van der Waals surface area contributed by atoms with Crippen LogP contribution in [0.3, 0.4) is 0 Å². The Labute approximate surface area is 129 Å². The first-order valence-corrected chi connectivity index (χ1v) is 7.03. The number of nitrogens with zero attached hydrogens (tertiary/aromatic N) is 2. The number of rotatable bonds is 2. The van der Waals surface area contributed by atoms with Gasteiger partial charge in [0, 0.05) is 15.2 Å². The van der Waals surface area contributed by atoms with Gasteiger partial charge in [0.25, 0.3) is 5.91 Å². The number of fused-ring (bicyclic) bond motifs is 1. The zero-order valence-electron chi connectivity index (χ0n) is 10.9. The summed E-state index contributed by atoms with van der Waals surface area (Å²) in [6.45, 7) is 0. The molecule has 6 heteroatoms. The van der Waals surface area contributed by atoms with Crippen LogP contribution in [0.5, 0.6) is 0 Å². The summed E-state index contributed by atoms with van der Waals surface area (Å²) in [6.07, 6.45) is 0. The van der Waals surface area contributed by atoms with Gasteiger partial charge in [-0.25, -0.2) is 0 Å². The van der Waals surface area contributed by atoms with Crippen molar-refractivity contribution in [3.05, 3.63) is 58.6 Å². The number of nitrogens with one attached hydrogen (secondary N) is 1. The molecule has 3 aromatic rings. The highest BCUT2D eigenvalue weighted by Crippen LogP contribution is 2.30. The van der Waals surface area contributed by atoms with Gasteiger partial charge in [0.15, 0.2) is 5.82 Å². The van der Waals surface area contributed by atoms with Crippen molar-refractivity contribution < 1.29 is 4.79 Å². The number of nitrogen functional groups attached to an aromatic ring is 1. The van der Waals surface area contributed by atoms with E-state index in [2.05, 4.69) is 31.1 Å². The van der Waals surface area contributed by atoms with Crippen LogP contribution in [0.1, 0.15) is 10.4 Å². The maximum absolute atomic E-state index is 12.0. The summed E-state index contributed by atoms with van der Waals surface area (Å²) in [4.78, 5) is 15.0. The molecule has 0 saturated heterocycles. The number of aromatic amines is 1. The first-order valence-electron chi connectivity index (χ1n) is 6.23. The van der Waals surface area contributed by atoms with E-state index in [0.717, 1.165) is 10.8 Å². The second kappa shape index (κ2) is 5.49. The minimum atomic E-state index is -0.417. The molecular weight excluding hydrogens is 332 g/mol. The number of H-pyrrole nitrogens is 1. The van der Waals surface area contributed by atoms with E-state index in [-0.39, 0.29) is 0 Å². The van der Waals surface area contributed by atoms with Gasteiger partial charge in [-0.15, -0.1) is 10.2 Å². The molecule has 1 amide bonds. The van der Waals surface area contributed by atoms with Crippen molar-refractivity contribution in [2.45, 2.75) is 0 Å². The van der Waals surface area contributed by atoms with E-state index < -0.39 is 5.91 Å². The maximum atomic E-state index is 12.0. The smallest absolute Gasteiger partial charge is 0.296 e. The molecule has 2 aromatic carbocycles. The Morgan fingerprint density at radius 2 is 1.71 bits per heavy atom. The third-order valence-electron chi connectivity index (χ3n) is 3.07. The molecular formula is C15H11BrN4O. The van der Waals surface area contributed by atoms with E-state index in [0.29, 0.717) is 21.7 Å². The Morgan fingerprint density at radius 3 is 2.48 bits per heavy atom. The average molecular weight is 343 g/mol. The van der Waals surface area contributed by atoms with Gasteiger partial charge in [0.05, 0.1) is 5.56 Å². The molecule has 3 N–H and O–H groups in total. The van der Waals surface area contributed by atoms with E-state index in [1.165, 1.54) is 0 Å². The number of hydrogen-bond acceptors (Lipinski definition) is 3. The van der Waals surface area contributed by atoms with Crippen molar-refractivity contribution in [3.8, 4) is 0 Å². The van der Waals surface area contributed by atoms with Gasteiger partial charge in [-0.1, -0.05) is 36.4 Å². The number of carbonyl (C=O) groups excluding carboxylic acids is 1. The molecule has 5 nitrogen and oxygen atoms in total. The van der Waals surface area contributed by atoms with Crippen molar-refractivity contribution in [2.75, 3.05) is 5.73 Å². The Balaban J connectivity index is 1.95. The number of benzene rings is 2. The molecule has 0 aliphatic carbocycles. The van der Waals surface area contributed by atoms with E-state index in [1.807, 2.05) is 30.3 Å². The fourth-order valence-electron chi connectivity index (χ4n) is 2.05. The van der Waals surface area contributed by atoms with Crippen LogP contribution in [0, 0.1) is 0 Å². The van der Waals surface area contributed by atoms with Crippen LogP contribution >= 0.6 is 15.9 Å². The summed E-state index contributed by atoms with van der Waals surface area (Å²) in [6, 6.07) is 14.6. The normalized spacial score (nSPS) is 11.3. The maximum Gasteiger partial charge on any atom is 0.296 e. The van der Waals surface area contributed by atoms with Crippen LogP contribution in [0.2, 0.25) is 0 Å². The Morgan fingerprint density at radius 1 is 1.05 bits per heavy atom. The van der Waals surface area contributed by atoms with Crippen LogP contribution in [0.4, 0.5) is 11.6 Å². The van der Waals surface area contributed by atoms with E-state index >= 15 is 0 Å². The molecule has 0 radical (unpaired) electrons. The molecule has 0 aliphatic heterocycles. The van der Waals surface area contributed by atoms with Gasteiger partial charge >= 0.3 is 0 Å². The molecule has 0 bridgehead atoms. The molecule has 0 unspecified atom stereocenters. The predicted octanol–water partition coefficient (Wildman–Crippen LogP) is 4.44. The number of carbonyl (C=O) groups is 1.